The van der Waals surface area contributed by atoms with Gasteiger partial charge in [-0.05, 0) is 44.8 Å². The fourth-order valence-corrected chi connectivity index (χ4v) is 3.06. The average molecular weight is 284 g/mol. The van der Waals surface area contributed by atoms with E-state index in [4.69, 9.17) is 9.47 Å². The summed E-state index contributed by atoms with van der Waals surface area (Å²) in [6.45, 7) is 14.0. The fourth-order valence-electron chi connectivity index (χ4n) is 3.06. The SMILES string of the molecule is CCN1CCO[C@@H](COCCCN2CCC(C)CC2)C1. The van der Waals surface area contributed by atoms with Gasteiger partial charge < -0.3 is 14.4 Å². The lowest BCUT2D eigenvalue weighted by molar-refractivity contribution is -0.0686. The molecule has 20 heavy (non-hydrogen) atoms. The van der Waals surface area contributed by atoms with Crippen molar-refractivity contribution in [2.75, 3.05) is 59.1 Å². The van der Waals surface area contributed by atoms with Crippen LogP contribution in [0.25, 0.3) is 0 Å². The van der Waals surface area contributed by atoms with Gasteiger partial charge in [0.15, 0.2) is 0 Å². The van der Waals surface area contributed by atoms with Gasteiger partial charge in [0.2, 0.25) is 0 Å². The third-order valence-electron chi connectivity index (χ3n) is 4.61. The second-order valence-corrected chi connectivity index (χ2v) is 6.34. The molecule has 2 fully saturated rings. The molecule has 0 spiro atoms. The van der Waals surface area contributed by atoms with Crippen LogP contribution in [0.2, 0.25) is 0 Å². The van der Waals surface area contributed by atoms with Gasteiger partial charge in [-0.3, -0.25) is 4.90 Å². The maximum atomic E-state index is 5.80. The molecule has 0 unspecified atom stereocenters. The summed E-state index contributed by atoms with van der Waals surface area (Å²) >= 11 is 0. The number of hydrogen-bond acceptors (Lipinski definition) is 4. The quantitative estimate of drug-likeness (QED) is 0.666. The topological polar surface area (TPSA) is 24.9 Å². The Labute approximate surface area is 124 Å². The Morgan fingerprint density at radius 2 is 1.95 bits per heavy atom. The molecule has 0 aromatic carbocycles. The van der Waals surface area contributed by atoms with E-state index < -0.39 is 0 Å². The second-order valence-electron chi connectivity index (χ2n) is 6.34. The average Bonchev–Trinajstić information content (AvgIpc) is 2.49. The van der Waals surface area contributed by atoms with Gasteiger partial charge in [0.25, 0.3) is 0 Å². The van der Waals surface area contributed by atoms with Gasteiger partial charge in [-0.15, -0.1) is 0 Å². The van der Waals surface area contributed by atoms with E-state index in [1.165, 1.54) is 32.5 Å². The van der Waals surface area contributed by atoms with Gasteiger partial charge in [-0.25, -0.2) is 0 Å². The Kier molecular flexibility index (Phi) is 7.28. The van der Waals surface area contributed by atoms with Crippen LogP contribution < -0.4 is 0 Å². The van der Waals surface area contributed by atoms with Crippen molar-refractivity contribution in [1.82, 2.24) is 9.80 Å². The van der Waals surface area contributed by atoms with Gasteiger partial charge >= 0.3 is 0 Å². The van der Waals surface area contributed by atoms with E-state index in [-0.39, 0.29) is 6.10 Å². The first kappa shape index (κ1) is 16.2. The molecule has 118 valence electrons. The van der Waals surface area contributed by atoms with E-state index in [2.05, 4.69) is 23.6 Å². The van der Waals surface area contributed by atoms with Crippen molar-refractivity contribution in [3.05, 3.63) is 0 Å². The summed E-state index contributed by atoms with van der Waals surface area (Å²) in [5.41, 5.74) is 0. The first-order valence-electron chi connectivity index (χ1n) is 8.42. The minimum absolute atomic E-state index is 0.277. The first-order valence-corrected chi connectivity index (χ1v) is 8.42. The molecule has 4 nitrogen and oxygen atoms in total. The van der Waals surface area contributed by atoms with Crippen LogP contribution in [0.1, 0.15) is 33.1 Å². The summed E-state index contributed by atoms with van der Waals surface area (Å²) in [7, 11) is 0. The first-order chi connectivity index (χ1) is 9.78. The Morgan fingerprint density at radius 1 is 1.15 bits per heavy atom. The number of morpholine rings is 1. The lowest BCUT2D eigenvalue weighted by Crippen LogP contribution is -2.44. The number of nitrogens with zero attached hydrogens (tertiary/aromatic N) is 2. The van der Waals surface area contributed by atoms with E-state index >= 15 is 0 Å². The molecule has 2 aliphatic heterocycles. The molecule has 0 saturated carbocycles. The van der Waals surface area contributed by atoms with Crippen LogP contribution in [0, 0.1) is 5.92 Å². The van der Waals surface area contributed by atoms with Crippen LogP contribution in [0.3, 0.4) is 0 Å². The smallest absolute Gasteiger partial charge is 0.0935 e. The van der Waals surface area contributed by atoms with Crippen LogP contribution in [-0.4, -0.2) is 75.0 Å². The van der Waals surface area contributed by atoms with E-state index in [9.17, 15) is 0 Å². The molecule has 0 bridgehead atoms. The number of ether oxygens (including phenoxy) is 2. The van der Waals surface area contributed by atoms with Crippen LogP contribution in [0.15, 0.2) is 0 Å². The van der Waals surface area contributed by atoms with Gasteiger partial charge in [-0.2, -0.15) is 0 Å². The fraction of sp³-hybridized carbons (Fsp3) is 1.00. The molecule has 0 aromatic rings. The predicted octanol–water partition coefficient (Wildman–Crippen LogP) is 1.85. The molecule has 0 radical (unpaired) electrons. The number of rotatable bonds is 7. The number of likely N-dealkylation sites (tertiary alicyclic amines) is 1. The van der Waals surface area contributed by atoms with Crippen molar-refractivity contribution in [3.8, 4) is 0 Å². The minimum atomic E-state index is 0.277. The summed E-state index contributed by atoms with van der Waals surface area (Å²) < 4.78 is 11.5. The molecule has 1 atom stereocenters. The van der Waals surface area contributed by atoms with Crippen molar-refractivity contribution < 1.29 is 9.47 Å². The zero-order valence-corrected chi connectivity index (χ0v) is 13.4. The standard InChI is InChI=1S/C16H32N2O2/c1-3-17-10-12-20-16(13-17)14-19-11-4-7-18-8-5-15(2)6-9-18/h15-16H,3-14H2,1-2H3/t16-/m1/s1. The molecule has 0 amide bonds. The number of piperidine rings is 1. The molecule has 2 heterocycles. The minimum Gasteiger partial charge on any atom is -0.379 e. The Hall–Kier alpha value is -0.160. The highest BCUT2D eigenvalue weighted by molar-refractivity contribution is 4.71. The third kappa shape index (κ3) is 5.68. The summed E-state index contributed by atoms with van der Waals surface area (Å²) in [6.07, 6.45) is 4.16. The van der Waals surface area contributed by atoms with E-state index in [0.717, 1.165) is 51.8 Å². The Balaban J connectivity index is 1.47. The predicted molar refractivity (Wildman–Crippen MR) is 82.1 cm³/mol. The molecular formula is C16H32N2O2. The highest BCUT2D eigenvalue weighted by Gasteiger charge is 2.19. The molecule has 4 heteroatoms. The Morgan fingerprint density at radius 3 is 2.70 bits per heavy atom. The van der Waals surface area contributed by atoms with Crippen LogP contribution >= 0.6 is 0 Å². The zero-order chi connectivity index (χ0) is 14.2. The lowest BCUT2D eigenvalue weighted by atomic mass is 9.99. The van der Waals surface area contributed by atoms with E-state index in [1.54, 1.807) is 0 Å². The maximum Gasteiger partial charge on any atom is 0.0935 e. The molecule has 0 aliphatic carbocycles. The van der Waals surface area contributed by atoms with Crippen molar-refractivity contribution in [1.29, 1.82) is 0 Å². The normalized spacial score (nSPS) is 27.0. The highest BCUT2D eigenvalue weighted by atomic mass is 16.5. The van der Waals surface area contributed by atoms with Crippen molar-refractivity contribution >= 4 is 0 Å². The van der Waals surface area contributed by atoms with Crippen LogP contribution in [0.4, 0.5) is 0 Å². The molecule has 0 aromatic heterocycles. The van der Waals surface area contributed by atoms with Gasteiger partial charge in [0.1, 0.15) is 0 Å². The maximum absolute atomic E-state index is 5.80. The van der Waals surface area contributed by atoms with Crippen LogP contribution in [-0.2, 0) is 9.47 Å². The number of hydrogen-bond donors (Lipinski definition) is 0. The third-order valence-corrected chi connectivity index (χ3v) is 4.61. The summed E-state index contributed by atoms with van der Waals surface area (Å²) in [4.78, 5) is 5.02. The molecule has 2 rings (SSSR count). The van der Waals surface area contributed by atoms with Crippen molar-refractivity contribution in [2.24, 2.45) is 5.92 Å². The molecular weight excluding hydrogens is 252 g/mol. The van der Waals surface area contributed by atoms with Gasteiger partial charge in [0.05, 0.1) is 19.3 Å². The largest absolute Gasteiger partial charge is 0.379 e. The molecule has 2 aliphatic rings. The van der Waals surface area contributed by atoms with E-state index in [0.29, 0.717) is 0 Å². The monoisotopic (exact) mass is 284 g/mol. The summed E-state index contributed by atoms with van der Waals surface area (Å²) in [5.74, 6) is 0.924. The molecule has 2 saturated heterocycles. The number of likely N-dealkylation sites (N-methyl/N-ethyl adjacent to an activating group) is 1. The molecule has 0 N–H and O–H groups in total. The van der Waals surface area contributed by atoms with E-state index in [1.807, 2.05) is 0 Å². The summed E-state index contributed by atoms with van der Waals surface area (Å²) in [5, 5.41) is 0. The summed E-state index contributed by atoms with van der Waals surface area (Å²) in [6, 6.07) is 0. The van der Waals surface area contributed by atoms with Crippen molar-refractivity contribution in [2.45, 2.75) is 39.2 Å². The Bertz CT molecular complexity index is 255. The van der Waals surface area contributed by atoms with Gasteiger partial charge in [-0.1, -0.05) is 13.8 Å². The van der Waals surface area contributed by atoms with Crippen molar-refractivity contribution in [3.63, 3.8) is 0 Å². The second kappa shape index (κ2) is 8.98. The van der Waals surface area contributed by atoms with Crippen LogP contribution in [0.5, 0.6) is 0 Å². The zero-order valence-electron chi connectivity index (χ0n) is 13.4. The highest BCUT2D eigenvalue weighted by Crippen LogP contribution is 2.15. The van der Waals surface area contributed by atoms with Gasteiger partial charge in [0, 0.05) is 26.2 Å². The lowest BCUT2D eigenvalue weighted by Gasteiger charge is -2.32.